The highest BCUT2D eigenvalue weighted by atomic mass is 35.5. The minimum Gasteiger partial charge on any atom is -0.379 e. The van der Waals surface area contributed by atoms with Crippen LogP contribution in [0.4, 0.5) is 5.82 Å². The SMILES string of the molecule is CCCNc1cc(C(=O)NC2CCCOC2)c(Cl)cn1. The van der Waals surface area contributed by atoms with Gasteiger partial charge in [0, 0.05) is 19.3 Å². The Morgan fingerprint density at radius 2 is 2.45 bits per heavy atom. The van der Waals surface area contributed by atoms with Gasteiger partial charge in [0.25, 0.3) is 5.91 Å². The number of rotatable bonds is 5. The molecule has 6 heteroatoms. The Morgan fingerprint density at radius 3 is 3.15 bits per heavy atom. The predicted octanol–water partition coefficient (Wildman–Crippen LogP) is 2.47. The molecule has 0 saturated carbocycles. The molecule has 1 saturated heterocycles. The van der Waals surface area contributed by atoms with Crippen LogP contribution in [0.5, 0.6) is 0 Å². The first-order valence-corrected chi connectivity index (χ1v) is 7.36. The third kappa shape index (κ3) is 4.08. The predicted molar refractivity (Wildman–Crippen MR) is 79.3 cm³/mol. The second-order valence-corrected chi connectivity index (χ2v) is 5.27. The number of amides is 1. The van der Waals surface area contributed by atoms with E-state index in [2.05, 4.69) is 22.5 Å². The summed E-state index contributed by atoms with van der Waals surface area (Å²) in [5, 5.41) is 6.46. The summed E-state index contributed by atoms with van der Waals surface area (Å²) in [7, 11) is 0. The molecular weight excluding hydrogens is 278 g/mol. The molecule has 0 aliphatic carbocycles. The van der Waals surface area contributed by atoms with Crippen molar-refractivity contribution in [1.29, 1.82) is 0 Å². The summed E-state index contributed by atoms with van der Waals surface area (Å²) in [6.07, 6.45) is 4.41. The van der Waals surface area contributed by atoms with Crippen molar-refractivity contribution in [1.82, 2.24) is 10.3 Å². The van der Waals surface area contributed by atoms with Gasteiger partial charge in [-0.2, -0.15) is 0 Å². The van der Waals surface area contributed by atoms with Crippen LogP contribution in [0.1, 0.15) is 36.5 Å². The molecule has 0 aromatic carbocycles. The molecule has 1 aromatic heterocycles. The van der Waals surface area contributed by atoms with E-state index in [9.17, 15) is 4.79 Å². The fourth-order valence-electron chi connectivity index (χ4n) is 2.08. The van der Waals surface area contributed by atoms with E-state index in [1.54, 1.807) is 6.07 Å². The highest BCUT2D eigenvalue weighted by Gasteiger charge is 2.19. The Bertz CT molecular complexity index is 462. The Morgan fingerprint density at radius 1 is 1.60 bits per heavy atom. The first-order chi connectivity index (χ1) is 9.70. The molecule has 1 aliphatic heterocycles. The lowest BCUT2D eigenvalue weighted by Crippen LogP contribution is -2.40. The molecule has 0 radical (unpaired) electrons. The van der Waals surface area contributed by atoms with Gasteiger partial charge < -0.3 is 15.4 Å². The molecule has 1 aliphatic rings. The lowest BCUT2D eigenvalue weighted by atomic mass is 10.1. The van der Waals surface area contributed by atoms with Gasteiger partial charge in [0.05, 0.1) is 23.2 Å². The van der Waals surface area contributed by atoms with Gasteiger partial charge in [0.1, 0.15) is 5.82 Å². The molecule has 0 spiro atoms. The first-order valence-electron chi connectivity index (χ1n) is 6.98. The number of aromatic nitrogens is 1. The van der Waals surface area contributed by atoms with Gasteiger partial charge in [-0.15, -0.1) is 0 Å². The van der Waals surface area contributed by atoms with Crippen molar-refractivity contribution in [2.45, 2.75) is 32.2 Å². The van der Waals surface area contributed by atoms with Crippen molar-refractivity contribution >= 4 is 23.3 Å². The topological polar surface area (TPSA) is 63.2 Å². The van der Waals surface area contributed by atoms with Crippen LogP contribution in [0, 0.1) is 0 Å². The van der Waals surface area contributed by atoms with Crippen LogP contribution in [0.3, 0.4) is 0 Å². The zero-order valence-corrected chi connectivity index (χ0v) is 12.4. The monoisotopic (exact) mass is 297 g/mol. The van der Waals surface area contributed by atoms with E-state index in [-0.39, 0.29) is 11.9 Å². The van der Waals surface area contributed by atoms with Crippen molar-refractivity contribution in [3.63, 3.8) is 0 Å². The summed E-state index contributed by atoms with van der Waals surface area (Å²) in [4.78, 5) is 16.4. The fourth-order valence-corrected chi connectivity index (χ4v) is 2.27. The number of anilines is 1. The number of nitrogens with one attached hydrogen (secondary N) is 2. The summed E-state index contributed by atoms with van der Waals surface area (Å²) in [5.74, 6) is 0.494. The standard InChI is InChI=1S/C14H20ClN3O2/c1-2-5-16-13-7-11(12(15)8-17-13)14(19)18-10-4-3-6-20-9-10/h7-8,10H,2-6,9H2,1H3,(H,16,17)(H,18,19). The second kappa shape index (κ2) is 7.45. The maximum Gasteiger partial charge on any atom is 0.253 e. The van der Waals surface area contributed by atoms with Crippen molar-refractivity contribution in [3.8, 4) is 0 Å². The van der Waals surface area contributed by atoms with Crippen LogP contribution >= 0.6 is 11.6 Å². The zero-order valence-electron chi connectivity index (χ0n) is 11.6. The van der Waals surface area contributed by atoms with E-state index < -0.39 is 0 Å². The maximum absolute atomic E-state index is 12.3. The van der Waals surface area contributed by atoms with E-state index in [1.807, 2.05) is 0 Å². The average molecular weight is 298 g/mol. The van der Waals surface area contributed by atoms with Crippen molar-refractivity contribution in [3.05, 3.63) is 22.8 Å². The van der Waals surface area contributed by atoms with E-state index in [0.717, 1.165) is 32.4 Å². The summed E-state index contributed by atoms with van der Waals surface area (Å²) >= 11 is 6.06. The molecule has 5 nitrogen and oxygen atoms in total. The molecule has 1 amide bonds. The van der Waals surface area contributed by atoms with Gasteiger partial charge >= 0.3 is 0 Å². The summed E-state index contributed by atoms with van der Waals surface area (Å²) < 4.78 is 5.35. The van der Waals surface area contributed by atoms with Gasteiger partial charge in [0.2, 0.25) is 0 Å². The number of carbonyl (C=O) groups is 1. The highest BCUT2D eigenvalue weighted by Crippen LogP contribution is 2.18. The molecule has 110 valence electrons. The largest absolute Gasteiger partial charge is 0.379 e. The van der Waals surface area contributed by atoms with Crippen LogP contribution in [0.15, 0.2) is 12.3 Å². The number of hydrogen-bond acceptors (Lipinski definition) is 4. The molecule has 2 heterocycles. The minimum absolute atomic E-state index is 0.0625. The number of hydrogen-bond donors (Lipinski definition) is 2. The van der Waals surface area contributed by atoms with E-state index >= 15 is 0 Å². The third-order valence-corrected chi connectivity index (χ3v) is 3.45. The zero-order chi connectivity index (χ0) is 14.4. The molecule has 1 unspecified atom stereocenters. The van der Waals surface area contributed by atoms with Gasteiger partial charge in [-0.1, -0.05) is 18.5 Å². The van der Waals surface area contributed by atoms with E-state index in [1.165, 1.54) is 6.20 Å². The smallest absolute Gasteiger partial charge is 0.253 e. The van der Waals surface area contributed by atoms with Crippen LogP contribution in [-0.2, 0) is 4.74 Å². The molecule has 2 N–H and O–H groups in total. The average Bonchev–Trinajstić information content (AvgIpc) is 2.47. The molecular formula is C14H20ClN3O2. The summed E-state index contributed by atoms with van der Waals surface area (Å²) in [6, 6.07) is 1.75. The van der Waals surface area contributed by atoms with Gasteiger partial charge in [0.15, 0.2) is 0 Å². The lowest BCUT2D eigenvalue weighted by Gasteiger charge is -2.23. The van der Waals surface area contributed by atoms with E-state index in [0.29, 0.717) is 23.0 Å². The maximum atomic E-state index is 12.3. The van der Waals surface area contributed by atoms with Gasteiger partial charge in [-0.3, -0.25) is 4.79 Å². The Kier molecular flexibility index (Phi) is 5.61. The molecule has 20 heavy (non-hydrogen) atoms. The third-order valence-electron chi connectivity index (χ3n) is 3.15. The molecule has 0 bridgehead atoms. The minimum atomic E-state index is -0.174. The van der Waals surface area contributed by atoms with Gasteiger partial charge in [-0.05, 0) is 25.3 Å². The van der Waals surface area contributed by atoms with Crippen molar-refractivity contribution in [2.75, 3.05) is 25.1 Å². The second-order valence-electron chi connectivity index (χ2n) is 4.86. The van der Waals surface area contributed by atoms with Crippen LogP contribution in [0.25, 0.3) is 0 Å². The number of ether oxygens (including phenoxy) is 1. The fraction of sp³-hybridized carbons (Fsp3) is 0.571. The van der Waals surface area contributed by atoms with Crippen molar-refractivity contribution in [2.24, 2.45) is 0 Å². The van der Waals surface area contributed by atoms with Crippen molar-refractivity contribution < 1.29 is 9.53 Å². The molecule has 2 rings (SSSR count). The molecule has 1 fully saturated rings. The Hall–Kier alpha value is -1.33. The Labute approximate surface area is 124 Å². The quantitative estimate of drug-likeness (QED) is 0.876. The normalized spacial score (nSPS) is 18.6. The number of pyridine rings is 1. The molecule has 1 aromatic rings. The first kappa shape index (κ1) is 15.1. The van der Waals surface area contributed by atoms with Gasteiger partial charge in [-0.25, -0.2) is 4.98 Å². The summed E-state index contributed by atoms with van der Waals surface area (Å²) in [5.41, 5.74) is 0.450. The number of carbonyl (C=O) groups excluding carboxylic acids is 1. The Balaban J connectivity index is 2.03. The summed E-state index contributed by atoms with van der Waals surface area (Å²) in [6.45, 7) is 4.22. The lowest BCUT2D eigenvalue weighted by molar-refractivity contribution is 0.0624. The van der Waals surface area contributed by atoms with E-state index in [4.69, 9.17) is 16.3 Å². The van der Waals surface area contributed by atoms with Crippen LogP contribution in [0.2, 0.25) is 5.02 Å². The number of halogens is 1. The number of nitrogens with zero attached hydrogens (tertiary/aromatic N) is 1. The molecule has 1 atom stereocenters. The van der Waals surface area contributed by atoms with Crippen LogP contribution < -0.4 is 10.6 Å². The van der Waals surface area contributed by atoms with Crippen LogP contribution in [-0.4, -0.2) is 36.7 Å². The highest BCUT2D eigenvalue weighted by molar-refractivity contribution is 6.33.